The molecule has 0 aromatic heterocycles. The van der Waals surface area contributed by atoms with Gasteiger partial charge in [-0.25, -0.2) is 4.18 Å². The second kappa shape index (κ2) is 3.01. The molecule has 0 aliphatic carbocycles. The van der Waals surface area contributed by atoms with Crippen LogP contribution in [0.15, 0.2) is 0 Å². The molecule has 0 fully saturated rings. The van der Waals surface area contributed by atoms with Crippen LogP contribution < -0.4 is 0 Å². The molecule has 50 valence electrons. The highest BCUT2D eigenvalue weighted by Gasteiger charge is 2.03. The van der Waals surface area contributed by atoms with Gasteiger partial charge in [-0.05, 0) is 6.92 Å². The van der Waals surface area contributed by atoms with E-state index in [-0.39, 0.29) is 5.75 Å². The first-order chi connectivity index (χ1) is 3.62. The van der Waals surface area contributed by atoms with E-state index in [0.29, 0.717) is 0 Å². The highest BCUT2D eigenvalue weighted by molar-refractivity contribution is 7.86. The van der Waals surface area contributed by atoms with Crippen molar-refractivity contribution in [1.82, 2.24) is 0 Å². The predicted molar refractivity (Wildman–Crippen MR) is 27.6 cm³/mol. The fraction of sp³-hybridized carbons (Fsp3) is 1.00. The smallest absolute Gasteiger partial charge is 0.269 e. The Balaban J connectivity index is 3.76. The minimum atomic E-state index is -3.42. The topological polar surface area (TPSA) is 63.6 Å². The fourth-order valence-corrected chi connectivity index (χ4v) is 0.491. The standard InChI is InChI=1S/C3H8O4S/c1-2-8(5,6)7-3-4/h4H,2-3H2,1H3. The third kappa shape index (κ3) is 2.95. The van der Waals surface area contributed by atoms with Crippen LogP contribution in [0.25, 0.3) is 0 Å². The van der Waals surface area contributed by atoms with Gasteiger partial charge >= 0.3 is 0 Å². The van der Waals surface area contributed by atoms with Crippen molar-refractivity contribution in [3.05, 3.63) is 0 Å². The maximum absolute atomic E-state index is 10.2. The zero-order valence-corrected chi connectivity index (χ0v) is 5.31. The maximum Gasteiger partial charge on any atom is 0.269 e. The van der Waals surface area contributed by atoms with E-state index in [1.807, 2.05) is 0 Å². The average Bonchev–Trinajstić information content (AvgIpc) is 1.67. The normalized spacial score (nSPS) is 11.8. The largest absolute Gasteiger partial charge is 0.369 e. The summed E-state index contributed by atoms with van der Waals surface area (Å²) in [4.78, 5) is 0. The summed E-state index contributed by atoms with van der Waals surface area (Å²) in [6, 6.07) is 0. The molecule has 0 aliphatic rings. The Hall–Kier alpha value is -0.130. The van der Waals surface area contributed by atoms with Crippen molar-refractivity contribution in [2.45, 2.75) is 6.92 Å². The van der Waals surface area contributed by atoms with Gasteiger partial charge in [0.25, 0.3) is 10.1 Å². The van der Waals surface area contributed by atoms with E-state index in [9.17, 15) is 8.42 Å². The van der Waals surface area contributed by atoms with Crippen LogP contribution in [-0.4, -0.2) is 26.1 Å². The molecule has 0 spiro atoms. The molecule has 8 heavy (non-hydrogen) atoms. The van der Waals surface area contributed by atoms with Crippen LogP contribution in [0.2, 0.25) is 0 Å². The molecule has 0 aromatic carbocycles. The van der Waals surface area contributed by atoms with Gasteiger partial charge in [-0.1, -0.05) is 0 Å². The summed E-state index contributed by atoms with van der Waals surface area (Å²) in [5.74, 6) is -0.104. The lowest BCUT2D eigenvalue weighted by Crippen LogP contribution is -2.08. The number of aliphatic hydroxyl groups excluding tert-OH is 1. The molecular weight excluding hydrogens is 132 g/mol. The van der Waals surface area contributed by atoms with Crippen molar-refractivity contribution in [2.75, 3.05) is 12.5 Å². The number of hydrogen-bond donors (Lipinski definition) is 1. The third-order valence-electron chi connectivity index (χ3n) is 0.586. The maximum atomic E-state index is 10.2. The van der Waals surface area contributed by atoms with Crippen LogP contribution in [0.3, 0.4) is 0 Å². The summed E-state index contributed by atoms with van der Waals surface area (Å²) < 4.78 is 24.3. The van der Waals surface area contributed by atoms with Gasteiger partial charge in [0.15, 0.2) is 6.79 Å². The molecule has 0 aromatic rings. The fourth-order valence-electron chi connectivity index (χ4n) is 0.164. The quantitative estimate of drug-likeness (QED) is 0.416. The van der Waals surface area contributed by atoms with E-state index in [1.165, 1.54) is 6.92 Å². The van der Waals surface area contributed by atoms with E-state index in [4.69, 9.17) is 5.11 Å². The number of rotatable bonds is 3. The van der Waals surface area contributed by atoms with Crippen molar-refractivity contribution in [1.29, 1.82) is 0 Å². The Kier molecular flexibility index (Phi) is 2.96. The number of hydrogen-bond acceptors (Lipinski definition) is 4. The van der Waals surface area contributed by atoms with Crippen molar-refractivity contribution in [2.24, 2.45) is 0 Å². The summed E-state index contributed by atoms with van der Waals surface area (Å²) in [6.07, 6.45) is 0. The third-order valence-corrected chi connectivity index (χ3v) is 1.76. The molecule has 0 aliphatic heterocycles. The van der Waals surface area contributed by atoms with Crippen LogP contribution >= 0.6 is 0 Å². The van der Waals surface area contributed by atoms with E-state index >= 15 is 0 Å². The molecule has 0 saturated carbocycles. The van der Waals surface area contributed by atoms with Crippen molar-refractivity contribution in [3.63, 3.8) is 0 Å². The van der Waals surface area contributed by atoms with Gasteiger partial charge in [-0.15, -0.1) is 0 Å². The van der Waals surface area contributed by atoms with Gasteiger partial charge in [-0.3, -0.25) is 0 Å². The van der Waals surface area contributed by atoms with Gasteiger partial charge in [0.1, 0.15) is 0 Å². The van der Waals surface area contributed by atoms with Crippen molar-refractivity contribution < 1.29 is 17.7 Å². The monoisotopic (exact) mass is 140 g/mol. The van der Waals surface area contributed by atoms with E-state index in [2.05, 4.69) is 4.18 Å². The first-order valence-corrected chi connectivity index (χ1v) is 3.68. The summed E-state index contributed by atoms with van der Waals surface area (Å²) in [6.45, 7) is 0.668. The zero-order valence-electron chi connectivity index (χ0n) is 4.49. The minimum absolute atomic E-state index is 0.104. The van der Waals surface area contributed by atoms with E-state index in [0.717, 1.165) is 0 Å². The Labute approximate surface area is 48.2 Å². The first kappa shape index (κ1) is 7.87. The summed E-state index contributed by atoms with van der Waals surface area (Å²) in [5, 5.41) is 7.93. The molecule has 0 heterocycles. The summed E-state index contributed by atoms with van der Waals surface area (Å²) >= 11 is 0. The molecule has 0 atom stereocenters. The van der Waals surface area contributed by atoms with Crippen LogP contribution in [0.4, 0.5) is 0 Å². The lowest BCUT2D eigenvalue weighted by Gasteiger charge is -1.95. The SMILES string of the molecule is CCS(=O)(=O)OCO. The number of aliphatic hydroxyl groups is 1. The molecule has 0 amide bonds. The Morgan fingerprint density at radius 3 is 2.25 bits per heavy atom. The molecular formula is C3H8O4S. The second-order valence-corrected chi connectivity index (χ2v) is 3.02. The molecule has 0 radical (unpaired) electrons. The zero-order chi connectivity index (χ0) is 6.62. The van der Waals surface area contributed by atoms with E-state index < -0.39 is 16.9 Å². The molecule has 0 bridgehead atoms. The van der Waals surface area contributed by atoms with Gasteiger partial charge in [0.2, 0.25) is 0 Å². The first-order valence-electron chi connectivity index (χ1n) is 2.10. The second-order valence-electron chi connectivity index (χ2n) is 1.09. The highest BCUT2D eigenvalue weighted by atomic mass is 32.2. The summed E-state index contributed by atoms with van der Waals surface area (Å²) in [7, 11) is -3.42. The Morgan fingerprint density at radius 1 is 1.62 bits per heavy atom. The molecule has 0 unspecified atom stereocenters. The average molecular weight is 140 g/mol. The Bertz CT molecular complexity index is 135. The van der Waals surface area contributed by atoms with Gasteiger partial charge in [-0.2, -0.15) is 8.42 Å². The van der Waals surface area contributed by atoms with Crippen molar-refractivity contribution in [3.8, 4) is 0 Å². The van der Waals surface area contributed by atoms with Crippen LogP contribution in [0.1, 0.15) is 6.92 Å². The van der Waals surface area contributed by atoms with Crippen LogP contribution in [-0.2, 0) is 14.3 Å². The molecule has 5 heteroatoms. The van der Waals surface area contributed by atoms with Gasteiger partial charge in [0.05, 0.1) is 5.75 Å². The molecule has 0 rings (SSSR count). The van der Waals surface area contributed by atoms with Gasteiger partial charge < -0.3 is 5.11 Å². The lowest BCUT2D eigenvalue weighted by molar-refractivity contribution is 0.105. The van der Waals surface area contributed by atoms with Crippen LogP contribution in [0, 0.1) is 0 Å². The van der Waals surface area contributed by atoms with Gasteiger partial charge in [0, 0.05) is 0 Å². The summed E-state index contributed by atoms with van der Waals surface area (Å²) in [5.41, 5.74) is 0. The minimum Gasteiger partial charge on any atom is -0.369 e. The van der Waals surface area contributed by atoms with Crippen molar-refractivity contribution >= 4 is 10.1 Å². The predicted octanol–water partition coefficient (Wildman–Crippen LogP) is -0.698. The lowest BCUT2D eigenvalue weighted by atomic mass is 11.0. The highest BCUT2D eigenvalue weighted by Crippen LogP contribution is 1.88. The molecule has 1 N–H and O–H groups in total. The Morgan fingerprint density at radius 2 is 2.12 bits per heavy atom. The van der Waals surface area contributed by atoms with E-state index in [1.54, 1.807) is 0 Å². The van der Waals surface area contributed by atoms with Crippen LogP contribution in [0.5, 0.6) is 0 Å². The molecule has 0 saturated heterocycles. The molecule has 4 nitrogen and oxygen atoms in total.